The Labute approximate surface area is 171 Å². The van der Waals surface area contributed by atoms with Crippen molar-refractivity contribution in [3.63, 3.8) is 0 Å². The minimum absolute atomic E-state index is 0.494. The third-order valence-electron chi connectivity index (χ3n) is 5.02. The molecule has 4 aromatic rings. The highest BCUT2D eigenvalue weighted by Gasteiger charge is 2.20. The third-order valence-corrected chi connectivity index (χ3v) is 5.02. The van der Waals surface area contributed by atoms with Gasteiger partial charge in [-0.1, -0.05) is 78.4 Å². The average molecular weight is 375 g/mol. The Bertz CT molecular complexity index is 1140. The molecule has 0 aliphatic carbocycles. The van der Waals surface area contributed by atoms with Crippen molar-refractivity contribution < 1.29 is 0 Å². The van der Waals surface area contributed by atoms with Crippen LogP contribution in [0.25, 0.3) is 33.9 Å². The summed E-state index contributed by atoms with van der Waals surface area (Å²) in [6.07, 6.45) is 0. The van der Waals surface area contributed by atoms with E-state index in [9.17, 15) is 5.26 Å². The first kappa shape index (κ1) is 18.6. The highest BCUT2D eigenvalue weighted by atomic mass is 14.9. The number of nitrogens with zero attached hydrogens (tertiary/aromatic N) is 3. The Kier molecular flexibility index (Phi) is 4.93. The maximum Gasteiger partial charge on any atom is 0.161 e. The molecule has 0 amide bonds. The van der Waals surface area contributed by atoms with Crippen LogP contribution in [0.4, 0.5) is 0 Å². The van der Waals surface area contributed by atoms with E-state index in [1.54, 1.807) is 0 Å². The van der Waals surface area contributed by atoms with Gasteiger partial charge in [-0.25, -0.2) is 9.97 Å². The average Bonchev–Trinajstić information content (AvgIpc) is 2.73. The van der Waals surface area contributed by atoms with E-state index in [1.807, 2.05) is 60.7 Å². The molecule has 0 aliphatic heterocycles. The molecule has 0 atom stereocenters. The summed E-state index contributed by atoms with van der Waals surface area (Å²) in [6.45, 7) is 6.26. The van der Waals surface area contributed by atoms with Gasteiger partial charge in [-0.3, -0.25) is 0 Å². The first-order chi connectivity index (χ1) is 14.1. The molecule has 0 saturated heterocycles. The Morgan fingerprint density at radius 2 is 1.14 bits per heavy atom. The molecule has 0 spiro atoms. The minimum atomic E-state index is 0.494. The molecule has 0 radical (unpaired) electrons. The first-order valence-electron chi connectivity index (χ1n) is 9.59. The smallest absolute Gasteiger partial charge is 0.161 e. The zero-order valence-electron chi connectivity index (χ0n) is 16.8. The number of nitriles is 1. The molecule has 0 aliphatic rings. The molecule has 29 heavy (non-hydrogen) atoms. The second-order valence-corrected chi connectivity index (χ2v) is 7.24. The number of hydrogen-bond donors (Lipinski definition) is 0. The van der Waals surface area contributed by atoms with Crippen molar-refractivity contribution in [3.05, 3.63) is 95.1 Å². The molecule has 0 unspecified atom stereocenters. The SMILES string of the molecule is Cc1cc(C)c(-c2nc(-c3ccccc3)c(C#N)c(-c3ccccc3)n2)c(C)c1. The Balaban J connectivity index is 2.08. The third kappa shape index (κ3) is 3.53. The monoisotopic (exact) mass is 375 g/mol. The Hall–Kier alpha value is -3.77. The van der Waals surface area contributed by atoms with Crippen molar-refractivity contribution in [1.82, 2.24) is 9.97 Å². The predicted octanol–water partition coefficient (Wildman–Crippen LogP) is 6.27. The lowest BCUT2D eigenvalue weighted by Crippen LogP contribution is -2.03. The fraction of sp³-hybridized carbons (Fsp3) is 0.115. The van der Waals surface area contributed by atoms with Crippen molar-refractivity contribution in [1.29, 1.82) is 5.26 Å². The zero-order valence-corrected chi connectivity index (χ0v) is 16.8. The summed E-state index contributed by atoms with van der Waals surface area (Å²) in [6, 6.07) is 26.3. The highest BCUT2D eigenvalue weighted by molar-refractivity contribution is 5.80. The van der Waals surface area contributed by atoms with E-state index in [-0.39, 0.29) is 0 Å². The summed E-state index contributed by atoms with van der Waals surface area (Å²) in [4.78, 5) is 9.78. The lowest BCUT2D eigenvalue weighted by atomic mass is 9.97. The number of benzene rings is 3. The van der Waals surface area contributed by atoms with Gasteiger partial charge in [0, 0.05) is 16.7 Å². The summed E-state index contributed by atoms with van der Waals surface area (Å²) >= 11 is 0. The summed E-state index contributed by atoms with van der Waals surface area (Å²) < 4.78 is 0. The molecule has 1 aromatic heterocycles. The lowest BCUT2D eigenvalue weighted by Gasteiger charge is -2.15. The van der Waals surface area contributed by atoms with Crippen LogP contribution in [-0.4, -0.2) is 9.97 Å². The normalized spacial score (nSPS) is 10.6. The van der Waals surface area contributed by atoms with Gasteiger partial charge < -0.3 is 0 Å². The second-order valence-electron chi connectivity index (χ2n) is 7.24. The summed E-state index contributed by atoms with van der Waals surface area (Å²) in [7, 11) is 0. The fourth-order valence-electron chi connectivity index (χ4n) is 3.82. The number of aromatic nitrogens is 2. The van der Waals surface area contributed by atoms with Crippen LogP contribution < -0.4 is 0 Å². The van der Waals surface area contributed by atoms with Crippen molar-refractivity contribution >= 4 is 0 Å². The van der Waals surface area contributed by atoms with Gasteiger partial charge in [-0.05, 0) is 31.9 Å². The van der Waals surface area contributed by atoms with Gasteiger partial charge in [-0.2, -0.15) is 5.26 Å². The molecule has 1 heterocycles. The van der Waals surface area contributed by atoms with E-state index < -0.39 is 0 Å². The molecule has 140 valence electrons. The van der Waals surface area contributed by atoms with Gasteiger partial charge >= 0.3 is 0 Å². The van der Waals surface area contributed by atoms with E-state index >= 15 is 0 Å². The highest BCUT2D eigenvalue weighted by Crippen LogP contribution is 2.34. The van der Waals surface area contributed by atoms with Crippen LogP contribution in [0.5, 0.6) is 0 Å². The molecule has 0 saturated carbocycles. The molecule has 3 aromatic carbocycles. The van der Waals surface area contributed by atoms with Crippen LogP contribution in [0, 0.1) is 32.1 Å². The van der Waals surface area contributed by atoms with Gasteiger partial charge in [0.25, 0.3) is 0 Å². The maximum absolute atomic E-state index is 10.00. The Morgan fingerprint density at radius 3 is 1.55 bits per heavy atom. The van der Waals surface area contributed by atoms with E-state index in [0.29, 0.717) is 22.8 Å². The summed E-state index contributed by atoms with van der Waals surface area (Å²) in [5.74, 6) is 0.650. The molecule has 3 nitrogen and oxygen atoms in total. The van der Waals surface area contributed by atoms with Crippen molar-refractivity contribution in [3.8, 4) is 40.0 Å². The van der Waals surface area contributed by atoms with Gasteiger partial charge in [0.05, 0.1) is 11.4 Å². The quantitative estimate of drug-likeness (QED) is 0.424. The first-order valence-corrected chi connectivity index (χ1v) is 9.59. The van der Waals surface area contributed by atoms with Gasteiger partial charge in [0.15, 0.2) is 5.82 Å². The van der Waals surface area contributed by atoms with E-state index in [1.165, 1.54) is 5.56 Å². The fourth-order valence-corrected chi connectivity index (χ4v) is 3.82. The Morgan fingerprint density at radius 1 is 0.690 bits per heavy atom. The molecule has 0 bridgehead atoms. The molecule has 4 rings (SSSR count). The molecular formula is C26H21N3. The number of aryl methyl sites for hydroxylation is 3. The minimum Gasteiger partial charge on any atom is -0.227 e. The van der Waals surface area contributed by atoms with Crippen LogP contribution in [0.2, 0.25) is 0 Å². The topological polar surface area (TPSA) is 49.6 Å². The number of hydrogen-bond acceptors (Lipinski definition) is 3. The molecular weight excluding hydrogens is 354 g/mol. The van der Waals surface area contributed by atoms with E-state index in [0.717, 1.165) is 27.8 Å². The molecule has 0 fully saturated rings. The van der Waals surface area contributed by atoms with Crippen LogP contribution in [0.15, 0.2) is 72.8 Å². The van der Waals surface area contributed by atoms with Crippen molar-refractivity contribution in [2.45, 2.75) is 20.8 Å². The molecule has 0 N–H and O–H groups in total. The van der Waals surface area contributed by atoms with E-state index in [4.69, 9.17) is 9.97 Å². The van der Waals surface area contributed by atoms with Crippen molar-refractivity contribution in [2.75, 3.05) is 0 Å². The number of rotatable bonds is 3. The largest absolute Gasteiger partial charge is 0.227 e. The maximum atomic E-state index is 10.00. The van der Waals surface area contributed by atoms with Crippen LogP contribution >= 0.6 is 0 Å². The van der Waals surface area contributed by atoms with Crippen LogP contribution in [-0.2, 0) is 0 Å². The van der Waals surface area contributed by atoms with E-state index in [2.05, 4.69) is 39.0 Å². The van der Waals surface area contributed by atoms with Gasteiger partial charge in [0.1, 0.15) is 11.6 Å². The van der Waals surface area contributed by atoms with Crippen molar-refractivity contribution in [2.24, 2.45) is 0 Å². The van der Waals surface area contributed by atoms with Crippen LogP contribution in [0.1, 0.15) is 22.3 Å². The standard InChI is InChI=1S/C26H21N3/c1-17-14-18(2)23(19(3)15-17)26-28-24(20-10-6-4-7-11-20)22(16-27)25(29-26)21-12-8-5-9-13-21/h4-15H,1-3H3. The predicted molar refractivity (Wildman–Crippen MR) is 117 cm³/mol. The zero-order chi connectivity index (χ0) is 20.4. The molecule has 3 heteroatoms. The summed E-state index contributed by atoms with van der Waals surface area (Å²) in [5.41, 5.74) is 8.13. The second kappa shape index (κ2) is 7.69. The van der Waals surface area contributed by atoms with Gasteiger partial charge in [0.2, 0.25) is 0 Å². The van der Waals surface area contributed by atoms with Gasteiger partial charge in [-0.15, -0.1) is 0 Å². The van der Waals surface area contributed by atoms with Crippen LogP contribution in [0.3, 0.4) is 0 Å². The summed E-state index contributed by atoms with van der Waals surface area (Å²) in [5, 5.41) is 10.00. The lowest BCUT2D eigenvalue weighted by molar-refractivity contribution is 1.15.